The molecule has 0 radical (unpaired) electrons. The van der Waals surface area contributed by atoms with Crippen LogP contribution in [0.4, 0.5) is 21.7 Å². The summed E-state index contributed by atoms with van der Waals surface area (Å²) < 4.78 is 16.8. The first kappa shape index (κ1) is 23.5. The van der Waals surface area contributed by atoms with Crippen molar-refractivity contribution in [1.29, 1.82) is 0 Å². The second kappa shape index (κ2) is 10.2. The van der Waals surface area contributed by atoms with Gasteiger partial charge in [0.25, 0.3) is 5.91 Å². The fourth-order valence-electron chi connectivity index (χ4n) is 5.03. The van der Waals surface area contributed by atoms with Gasteiger partial charge in [-0.2, -0.15) is 5.10 Å². The summed E-state index contributed by atoms with van der Waals surface area (Å²) in [5.41, 5.74) is 13.2. The van der Waals surface area contributed by atoms with E-state index in [-0.39, 0.29) is 29.3 Å². The van der Waals surface area contributed by atoms with Crippen LogP contribution in [0.3, 0.4) is 0 Å². The van der Waals surface area contributed by atoms with E-state index in [1.165, 1.54) is 12.8 Å². The highest BCUT2D eigenvalue weighted by Crippen LogP contribution is 2.28. The van der Waals surface area contributed by atoms with Crippen molar-refractivity contribution < 1.29 is 9.18 Å². The molecule has 1 aromatic carbocycles. The molecule has 10 heteroatoms. The van der Waals surface area contributed by atoms with E-state index in [0.717, 1.165) is 68.8 Å². The van der Waals surface area contributed by atoms with Crippen molar-refractivity contribution in [3.63, 3.8) is 0 Å². The van der Waals surface area contributed by atoms with Crippen LogP contribution >= 0.6 is 0 Å². The predicted octanol–water partition coefficient (Wildman–Crippen LogP) is 3.19. The van der Waals surface area contributed by atoms with Gasteiger partial charge in [0.1, 0.15) is 5.82 Å². The molecule has 2 atom stereocenters. The van der Waals surface area contributed by atoms with E-state index in [4.69, 9.17) is 16.6 Å². The monoisotopic (exact) mass is 480 g/mol. The highest BCUT2D eigenvalue weighted by Gasteiger charge is 2.24. The number of likely N-dealkylation sites (tertiary alicyclic amines) is 1. The zero-order valence-corrected chi connectivity index (χ0v) is 19.8. The SMILES string of the molecule is NC(=O)c1cc(F)c(NC2CCCC[C@@H]2N)nc1Nc1ccc2cn(CCN3CCCC3)nc2c1. The van der Waals surface area contributed by atoms with Gasteiger partial charge in [-0.05, 0) is 63.0 Å². The Kier molecular flexibility index (Phi) is 6.83. The van der Waals surface area contributed by atoms with Crippen LogP contribution in [0.15, 0.2) is 30.5 Å². The number of nitrogens with one attached hydrogen (secondary N) is 2. The van der Waals surface area contributed by atoms with Gasteiger partial charge in [0.15, 0.2) is 11.6 Å². The summed E-state index contributed by atoms with van der Waals surface area (Å²) in [4.78, 5) is 18.9. The fraction of sp³-hybridized carbons (Fsp3) is 0.480. The maximum Gasteiger partial charge on any atom is 0.252 e. The minimum atomic E-state index is -0.757. The zero-order chi connectivity index (χ0) is 24.4. The Bertz CT molecular complexity index is 1210. The molecule has 1 aliphatic carbocycles. The third-order valence-electron chi connectivity index (χ3n) is 7.04. The molecule has 0 spiro atoms. The topological polar surface area (TPSA) is 127 Å². The molecule has 1 aliphatic heterocycles. The zero-order valence-electron chi connectivity index (χ0n) is 19.8. The summed E-state index contributed by atoms with van der Waals surface area (Å²) in [5.74, 6) is -1.13. The third-order valence-corrected chi connectivity index (χ3v) is 7.04. The quantitative estimate of drug-likeness (QED) is 0.390. The minimum absolute atomic E-state index is 0.0165. The first-order valence-electron chi connectivity index (χ1n) is 12.5. The van der Waals surface area contributed by atoms with E-state index in [1.807, 2.05) is 29.1 Å². The highest BCUT2D eigenvalue weighted by molar-refractivity contribution is 5.99. The van der Waals surface area contributed by atoms with Crippen molar-refractivity contribution in [3.05, 3.63) is 41.8 Å². The maximum atomic E-state index is 14.8. The lowest BCUT2D eigenvalue weighted by molar-refractivity contribution is 0.100. The standard InChI is InChI=1S/C25H33FN8O/c26-19-14-18(23(28)35)24(31-25(19)30-21-6-2-1-5-20(21)27)29-17-8-7-16-15-34(32-22(16)13-17)12-11-33-9-3-4-10-33/h7-8,13-15,20-21H,1-6,9-12,27H2,(H2,28,35)(H2,29,30,31)/t20-,21?/m0/s1. The molecule has 0 bridgehead atoms. The van der Waals surface area contributed by atoms with Crippen molar-refractivity contribution in [2.45, 2.75) is 57.2 Å². The summed E-state index contributed by atoms with van der Waals surface area (Å²) >= 11 is 0. The van der Waals surface area contributed by atoms with Crippen LogP contribution in [0.5, 0.6) is 0 Å². The third kappa shape index (κ3) is 5.38. The fourth-order valence-corrected chi connectivity index (χ4v) is 5.03. The van der Waals surface area contributed by atoms with Gasteiger partial charge < -0.3 is 27.0 Å². The number of hydrogen-bond acceptors (Lipinski definition) is 7. The van der Waals surface area contributed by atoms with E-state index < -0.39 is 11.7 Å². The summed E-state index contributed by atoms with van der Waals surface area (Å²) in [5, 5.41) is 12.0. The van der Waals surface area contributed by atoms with Crippen molar-refractivity contribution in [2.75, 3.05) is 30.3 Å². The first-order valence-corrected chi connectivity index (χ1v) is 12.5. The number of nitrogens with two attached hydrogens (primary N) is 2. The Labute approximate surface area is 204 Å². The smallest absolute Gasteiger partial charge is 0.252 e. The number of carbonyl (C=O) groups excluding carboxylic acids is 1. The number of amides is 1. The number of hydrogen-bond donors (Lipinski definition) is 4. The number of fused-ring (bicyclic) bond motifs is 1. The molecular weight excluding hydrogens is 447 g/mol. The molecule has 5 rings (SSSR count). The van der Waals surface area contributed by atoms with Crippen LogP contribution < -0.4 is 22.1 Å². The van der Waals surface area contributed by atoms with Gasteiger partial charge in [-0.3, -0.25) is 9.48 Å². The number of halogens is 1. The average Bonchev–Trinajstić information content (AvgIpc) is 3.50. The first-order chi connectivity index (χ1) is 17.0. The van der Waals surface area contributed by atoms with E-state index in [1.54, 1.807) is 0 Å². The number of primary amides is 1. The second-order valence-electron chi connectivity index (χ2n) is 9.62. The number of benzene rings is 1. The summed E-state index contributed by atoms with van der Waals surface area (Å²) in [7, 11) is 0. The van der Waals surface area contributed by atoms with Gasteiger partial charge in [-0.1, -0.05) is 12.8 Å². The van der Waals surface area contributed by atoms with E-state index in [9.17, 15) is 9.18 Å². The van der Waals surface area contributed by atoms with Crippen molar-refractivity contribution in [1.82, 2.24) is 19.7 Å². The Morgan fingerprint density at radius 3 is 2.66 bits per heavy atom. The summed E-state index contributed by atoms with van der Waals surface area (Å²) in [6.07, 6.45) is 8.40. The molecule has 1 amide bonds. The van der Waals surface area contributed by atoms with Crippen LogP contribution in [0.1, 0.15) is 48.9 Å². The Morgan fingerprint density at radius 1 is 1.09 bits per heavy atom. The largest absolute Gasteiger partial charge is 0.365 e. The second-order valence-corrected chi connectivity index (χ2v) is 9.62. The number of pyridine rings is 1. The molecule has 2 aliphatic rings. The van der Waals surface area contributed by atoms with Crippen molar-refractivity contribution in [3.8, 4) is 0 Å². The lowest BCUT2D eigenvalue weighted by Crippen LogP contribution is -2.43. The number of anilines is 3. The molecule has 2 fully saturated rings. The molecule has 35 heavy (non-hydrogen) atoms. The van der Waals surface area contributed by atoms with Crippen LogP contribution in [0, 0.1) is 5.82 Å². The molecule has 3 heterocycles. The number of aromatic nitrogens is 3. The lowest BCUT2D eigenvalue weighted by Gasteiger charge is -2.30. The molecule has 186 valence electrons. The van der Waals surface area contributed by atoms with Gasteiger partial charge in [0, 0.05) is 35.9 Å². The van der Waals surface area contributed by atoms with Gasteiger partial charge in [-0.15, -0.1) is 0 Å². The number of carbonyl (C=O) groups is 1. The molecule has 3 aromatic rings. The molecule has 6 N–H and O–H groups in total. The Morgan fingerprint density at radius 2 is 1.89 bits per heavy atom. The highest BCUT2D eigenvalue weighted by atomic mass is 19.1. The van der Waals surface area contributed by atoms with Crippen LogP contribution in [0.2, 0.25) is 0 Å². The van der Waals surface area contributed by atoms with E-state index in [0.29, 0.717) is 5.69 Å². The van der Waals surface area contributed by atoms with Gasteiger partial charge in [0.05, 0.1) is 17.6 Å². The number of nitrogens with zero attached hydrogens (tertiary/aromatic N) is 4. The molecule has 2 aromatic heterocycles. The maximum absolute atomic E-state index is 14.8. The summed E-state index contributed by atoms with van der Waals surface area (Å²) in [6.45, 7) is 4.14. The minimum Gasteiger partial charge on any atom is -0.365 e. The van der Waals surface area contributed by atoms with Crippen LogP contribution in [-0.2, 0) is 6.54 Å². The Hall–Kier alpha value is -3.24. The Balaban J connectivity index is 1.36. The predicted molar refractivity (Wildman–Crippen MR) is 135 cm³/mol. The molecule has 1 saturated heterocycles. The average molecular weight is 481 g/mol. The van der Waals surface area contributed by atoms with Gasteiger partial charge in [-0.25, -0.2) is 9.37 Å². The number of rotatable bonds is 8. The molecule has 1 saturated carbocycles. The van der Waals surface area contributed by atoms with Gasteiger partial charge in [0.2, 0.25) is 0 Å². The normalized spacial score (nSPS) is 20.9. The molecular formula is C25H33FN8O. The van der Waals surface area contributed by atoms with E-state index in [2.05, 4.69) is 20.5 Å². The van der Waals surface area contributed by atoms with Gasteiger partial charge >= 0.3 is 0 Å². The molecule has 1 unspecified atom stereocenters. The van der Waals surface area contributed by atoms with E-state index >= 15 is 0 Å². The van der Waals surface area contributed by atoms with Crippen molar-refractivity contribution >= 4 is 34.1 Å². The van der Waals surface area contributed by atoms with Crippen molar-refractivity contribution in [2.24, 2.45) is 11.5 Å². The molecule has 9 nitrogen and oxygen atoms in total. The lowest BCUT2D eigenvalue weighted by atomic mass is 9.91. The van der Waals surface area contributed by atoms with Crippen LogP contribution in [0.25, 0.3) is 10.9 Å². The summed E-state index contributed by atoms with van der Waals surface area (Å²) in [6, 6.07) is 6.72. The van der Waals surface area contributed by atoms with Crippen LogP contribution in [-0.4, -0.2) is 57.3 Å².